The first-order valence-electron chi connectivity index (χ1n) is 9.16. The van der Waals surface area contributed by atoms with Gasteiger partial charge in [0.25, 0.3) is 0 Å². The van der Waals surface area contributed by atoms with Crippen molar-refractivity contribution in [1.82, 2.24) is 4.57 Å². The molecule has 4 nitrogen and oxygen atoms in total. The van der Waals surface area contributed by atoms with Crippen LogP contribution in [0, 0.1) is 0 Å². The zero-order valence-corrected chi connectivity index (χ0v) is 17.6. The van der Waals surface area contributed by atoms with Gasteiger partial charge in [-0.15, -0.1) is 0 Å². The van der Waals surface area contributed by atoms with Crippen LogP contribution in [0.3, 0.4) is 0 Å². The van der Waals surface area contributed by atoms with Crippen molar-refractivity contribution in [1.29, 1.82) is 0 Å². The molecule has 1 aromatic heterocycles. The molecule has 0 spiro atoms. The van der Waals surface area contributed by atoms with Crippen molar-refractivity contribution < 1.29 is 14.3 Å². The Balaban J connectivity index is 1.94. The lowest BCUT2D eigenvalue weighted by molar-refractivity contribution is 0.112. The predicted octanol–water partition coefficient (Wildman–Crippen LogP) is 5.65. The Hall–Kier alpha value is -2.02. The number of alkyl halides is 1. The third-order valence-corrected chi connectivity index (χ3v) is 5.36. The second-order valence-corrected chi connectivity index (χ2v) is 7.49. The molecule has 0 amide bonds. The van der Waals surface area contributed by atoms with Gasteiger partial charge in [-0.2, -0.15) is 0 Å². The second kappa shape index (κ2) is 9.78. The number of hydrogen-bond acceptors (Lipinski definition) is 3. The molecular formula is C22H24INO3. The molecule has 5 heteroatoms. The van der Waals surface area contributed by atoms with E-state index in [1.165, 1.54) is 17.3 Å². The summed E-state index contributed by atoms with van der Waals surface area (Å²) in [5.74, 6) is 1.27. The number of rotatable bonds is 10. The van der Waals surface area contributed by atoms with Gasteiger partial charge in [0.05, 0.1) is 18.0 Å². The fourth-order valence-corrected chi connectivity index (χ4v) is 3.77. The molecule has 0 aliphatic carbocycles. The number of carbonyl (C=O) groups is 1. The van der Waals surface area contributed by atoms with Crippen LogP contribution in [-0.4, -0.2) is 22.4 Å². The van der Waals surface area contributed by atoms with Gasteiger partial charge in [0.1, 0.15) is 6.61 Å². The first-order chi connectivity index (χ1) is 13.3. The normalized spacial score (nSPS) is 10.9. The number of carbonyl (C=O) groups excluding carboxylic acids is 1. The topological polar surface area (TPSA) is 40.5 Å². The monoisotopic (exact) mass is 477 g/mol. The van der Waals surface area contributed by atoms with Gasteiger partial charge in [-0.25, -0.2) is 0 Å². The molecule has 3 rings (SSSR count). The van der Waals surface area contributed by atoms with E-state index in [1.807, 2.05) is 48.7 Å². The molecule has 0 saturated heterocycles. The summed E-state index contributed by atoms with van der Waals surface area (Å²) in [7, 11) is 1.62. The first kappa shape index (κ1) is 19.7. The number of nitrogens with zero attached hydrogens (tertiary/aromatic N) is 1. The summed E-state index contributed by atoms with van der Waals surface area (Å²) in [6.07, 6.45) is 6.33. The van der Waals surface area contributed by atoms with Gasteiger partial charge in [0, 0.05) is 18.3 Å². The van der Waals surface area contributed by atoms with Crippen molar-refractivity contribution in [2.45, 2.75) is 32.4 Å². The van der Waals surface area contributed by atoms with Crippen molar-refractivity contribution in [3.8, 4) is 11.5 Å². The second-order valence-electron chi connectivity index (χ2n) is 6.41. The molecule has 0 saturated carbocycles. The third kappa shape index (κ3) is 4.64. The van der Waals surface area contributed by atoms with Crippen LogP contribution in [0.1, 0.15) is 35.2 Å². The molecule has 0 fully saturated rings. The summed E-state index contributed by atoms with van der Waals surface area (Å²) in [4.78, 5) is 11.7. The van der Waals surface area contributed by atoms with E-state index in [1.54, 1.807) is 7.11 Å². The van der Waals surface area contributed by atoms with Gasteiger partial charge in [-0.05, 0) is 35.0 Å². The highest BCUT2D eigenvalue weighted by atomic mass is 127. The Morgan fingerprint density at radius 3 is 2.59 bits per heavy atom. The number of methoxy groups -OCH3 is 1. The number of benzene rings is 2. The maximum absolute atomic E-state index is 11.7. The molecule has 0 bridgehead atoms. The lowest BCUT2D eigenvalue weighted by Crippen LogP contribution is -2.00. The van der Waals surface area contributed by atoms with E-state index in [4.69, 9.17) is 9.47 Å². The molecule has 0 aliphatic heterocycles. The minimum absolute atomic E-state index is 0.426. The number of aryl methyl sites for hydroxylation is 1. The molecule has 0 N–H and O–H groups in total. The maximum atomic E-state index is 11.7. The average molecular weight is 477 g/mol. The van der Waals surface area contributed by atoms with Crippen LogP contribution in [0.25, 0.3) is 10.9 Å². The summed E-state index contributed by atoms with van der Waals surface area (Å²) in [5.41, 5.74) is 2.72. The molecule has 142 valence electrons. The molecule has 27 heavy (non-hydrogen) atoms. The predicted molar refractivity (Wildman–Crippen MR) is 117 cm³/mol. The third-order valence-electron chi connectivity index (χ3n) is 4.60. The van der Waals surface area contributed by atoms with E-state index in [0.717, 1.165) is 35.7 Å². The van der Waals surface area contributed by atoms with E-state index in [0.29, 0.717) is 23.7 Å². The van der Waals surface area contributed by atoms with Crippen molar-refractivity contribution in [3.05, 3.63) is 59.8 Å². The van der Waals surface area contributed by atoms with E-state index in [-0.39, 0.29) is 0 Å². The van der Waals surface area contributed by atoms with Crippen molar-refractivity contribution >= 4 is 39.8 Å². The fourth-order valence-electron chi connectivity index (χ4n) is 3.24. The quantitative estimate of drug-likeness (QED) is 0.164. The van der Waals surface area contributed by atoms with Gasteiger partial charge in [-0.1, -0.05) is 59.3 Å². The van der Waals surface area contributed by atoms with E-state index < -0.39 is 0 Å². The molecular weight excluding hydrogens is 453 g/mol. The number of ether oxygens (including phenoxy) is 2. The number of fused-ring (bicyclic) bond motifs is 1. The summed E-state index contributed by atoms with van der Waals surface area (Å²) >= 11 is 2.41. The zero-order valence-electron chi connectivity index (χ0n) is 15.5. The molecule has 1 heterocycles. The Labute approximate surface area is 173 Å². The molecule has 0 atom stereocenters. The van der Waals surface area contributed by atoms with Crippen molar-refractivity contribution in [2.24, 2.45) is 0 Å². The lowest BCUT2D eigenvalue weighted by atomic mass is 10.1. The van der Waals surface area contributed by atoms with Crippen molar-refractivity contribution in [3.63, 3.8) is 0 Å². The summed E-state index contributed by atoms with van der Waals surface area (Å²) in [5, 5.41) is 0.828. The molecule has 0 unspecified atom stereocenters. The molecule has 2 aromatic carbocycles. The first-order valence-corrected chi connectivity index (χ1v) is 10.7. The van der Waals surface area contributed by atoms with Crippen LogP contribution in [-0.2, 0) is 13.2 Å². The van der Waals surface area contributed by atoms with Gasteiger partial charge < -0.3 is 14.0 Å². The standard InChI is InChI=1S/C22H24INO3/c1-26-20-11-10-19-21(22(20)27-16-17-8-4-2-5-9-17)18(15-25)14-24(19)13-7-3-6-12-23/h2,4-5,8-11,14-15H,3,6-7,12-13,16H2,1H3. The SMILES string of the molecule is COc1ccc2c(c(C=O)cn2CCCCCI)c1OCc1ccccc1. The van der Waals surface area contributed by atoms with Gasteiger partial charge in [0.15, 0.2) is 17.8 Å². The summed E-state index contributed by atoms with van der Waals surface area (Å²) in [6.45, 7) is 1.32. The van der Waals surface area contributed by atoms with Crippen LogP contribution >= 0.6 is 22.6 Å². The highest BCUT2D eigenvalue weighted by Crippen LogP contribution is 2.39. The van der Waals surface area contributed by atoms with E-state index in [9.17, 15) is 4.79 Å². The largest absolute Gasteiger partial charge is 0.493 e. The van der Waals surface area contributed by atoms with Crippen molar-refractivity contribution in [2.75, 3.05) is 11.5 Å². The van der Waals surface area contributed by atoms with Gasteiger partial charge in [0.2, 0.25) is 0 Å². The Kier molecular flexibility index (Phi) is 7.15. The Morgan fingerprint density at radius 2 is 1.89 bits per heavy atom. The van der Waals surface area contributed by atoms with E-state index >= 15 is 0 Å². The molecule has 0 radical (unpaired) electrons. The summed E-state index contributed by atoms with van der Waals surface area (Å²) in [6, 6.07) is 13.9. The van der Waals surface area contributed by atoms with Crippen LogP contribution < -0.4 is 9.47 Å². The Bertz CT molecular complexity index is 889. The molecule has 0 aliphatic rings. The highest BCUT2D eigenvalue weighted by molar-refractivity contribution is 14.1. The van der Waals surface area contributed by atoms with Gasteiger partial charge >= 0.3 is 0 Å². The number of hydrogen-bond donors (Lipinski definition) is 0. The van der Waals surface area contributed by atoms with Crippen LogP contribution in [0.4, 0.5) is 0 Å². The Morgan fingerprint density at radius 1 is 1.07 bits per heavy atom. The number of unbranched alkanes of at least 4 members (excludes halogenated alkanes) is 2. The average Bonchev–Trinajstić information content (AvgIpc) is 3.08. The number of halogens is 1. The summed E-state index contributed by atoms with van der Waals surface area (Å²) < 4.78 is 15.0. The van der Waals surface area contributed by atoms with Crippen LogP contribution in [0.2, 0.25) is 0 Å². The minimum atomic E-state index is 0.426. The maximum Gasteiger partial charge on any atom is 0.171 e. The van der Waals surface area contributed by atoms with E-state index in [2.05, 4.69) is 27.2 Å². The highest BCUT2D eigenvalue weighted by Gasteiger charge is 2.17. The fraction of sp³-hybridized carbons (Fsp3) is 0.318. The lowest BCUT2D eigenvalue weighted by Gasteiger charge is -2.13. The molecule has 3 aromatic rings. The number of aldehydes is 1. The van der Waals surface area contributed by atoms with Crippen LogP contribution in [0.15, 0.2) is 48.7 Å². The van der Waals surface area contributed by atoms with Gasteiger partial charge in [-0.3, -0.25) is 4.79 Å². The zero-order chi connectivity index (χ0) is 19.1. The minimum Gasteiger partial charge on any atom is -0.493 e. The number of aromatic nitrogens is 1. The van der Waals surface area contributed by atoms with Crippen LogP contribution in [0.5, 0.6) is 11.5 Å². The smallest absolute Gasteiger partial charge is 0.171 e.